The highest BCUT2D eigenvalue weighted by Gasteiger charge is 2.37. The molecule has 0 saturated carbocycles. The van der Waals surface area contributed by atoms with Crippen LogP contribution in [0.1, 0.15) is 30.7 Å². The predicted octanol–water partition coefficient (Wildman–Crippen LogP) is 4.81. The predicted molar refractivity (Wildman–Crippen MR) is 78.6 cm³/mol. The third-order valence-electron chi connectivity index (χ3n) is 3.47. The Balaban J connectivity index is 2.62. The number of benzene rings is 1. The summed E-state index contributed by atoms with van der Waals surface area (Å²) in [5, 5.41) is 3.12. The van der Waals surface area contributed by atoms with E-state index in [0.717, 1.165) is 12.1 Å². The number of nitrogens with zero attached hydrogens (tertiary/aromatic N) is 1. The van der Waals surface area contributed by atoms with Crippen LogP contribution in [0.25, 0.3) is 10.9 Å². The minimum atomic E-state index is -4.81. The van der Waals surface area contributed by atoms with Gasteiger partial charge >= 0.3 is 12.4 Å². The van der Waals surface area contributed by atoms with E-state index in [1.807, 2.05) is 13.8 Å². The number of para-hydroxylation sites is 1. The Labute approximate surface area is 134 Å². The third-order valence-corrected chi connectivity index (χ3v) is 3.47. The summed E-state index contributed by atoms with van der Waals surface area (Å²) in [6, 6.07) is 4.23. The molecule has 2 nitrogen and oxygen atoms in total. The van der Waals surface area contributed by atoms with Gasteiger partial charge in [-0.1, -0.05) is 26.0 Å². The molecule has 8 heteroatoms. The number of aromatic nitrogens is 1. The molecule has 0 fully saturated rings. The van der Waals surface area contributed by atoms with Crippen molar-refractivity contribution in [3.05, 3.63) is 41.1 Å². The number of nitrogens with one attached hydrogen (secondary N) is 1. The van der Waals surface area contributed by atoms with Gasteiger partial charge in [-0.2, -0.15) is 26.3 Å². The van der Waals surface area contributed by atoms with Gasteiger partial charge in [-0.05, 0) is 30.7 Å². The first-order valence-electron chi connectivity index (χ1n) is 7.30. The standard InChI is InChI=1S/C16H16F6N2/c1-9(2)23-7-6-10-8-13(16(20,21)22)24-14-11(10)4-3-5-12(14)15(17,18)19/h3-5,8-9,23H,6-7H2,1-2H3. The molecule has 132 valence electrons. The van der Waals surface area contributed by atoms with Crippen LogP contribution < -0.4 is 5.32 Å². The Morgan fingerprint density at radius 1 is 1.04 bits per heavy atom. The number of hydrogen-bond donors (Lipinski definition) is 1. The van der Waals surface area contributed by atoms with E-state index >= 15 is 0 Å². The quantitative estimate of drug-likeness (QED) is 0.800. The van der Waals surface area contributed by atoms with Gasteiger partial charge in [0.25, 0.3) is 0 Å². The molecule has 0 bridgehead atoms. The summed E-state index contributed by atoms with van der Waals surface area (Å²) < 4.78 is 78.4. The van der Waals surface area contributed by atoms with Crippen LogP contribution in [0.4, 0.5) is 26.3 Å². The molecule has 1 heterocycles. The monoisotopic (exact) mass is 350 g/mol. The van der Waals surface area contributed by atoms with Crippen LogP contribution in [0.15, 0.2) is 24.3 Å². The van der Waals surface area contributed by atoms with E-state index in [1.165, 1.54) is 12.1 Å². The summed E-state index contributed by atoms with van der Waals surface area (Å²) in [7, 11) is 0. The highest BCUT2D eigenvalue weighted by atomic mass is 19.4. The lowest BCUT2D eigenvalue weighted by molar-refractivity contribution is -0.142. The number of halogens is 6. The van der Waals surface area contributed by atoms with Crippen molar-refractivity contribution in [3.8, 4) is 0 Å². The number of hydrogen-bond acceptors (Lipinski definition) is 2. The van der Waals surface area contributed by atoms with Gasteiger partial charge in [-0.15, -0.1) is 0 Å². The fourth-order valence-corrected chi connectivity index (χ4v) is 2.39. The zero-order chi connectivity index (χ0) is 18.1. The second kappa shape index (κ2) is 6.58. The van der Waals surface area contributed by atoms with Gasteiger partial charge < -0.3 is 5.32 Å². The molecule has 0 radical (unpaired) electrons. The van der Waals surface area contributed by atoms with Crippen molar-refractivity contribution in [1.29, 1.82) is 0 Å². The number of fused-ring (bicyclic) bond motifs is 1. The van der Waals surface area contributed by atoms with E-state index in [-0.39, 0.29) is 23.4 Å². The van der Waals surface area contributed by atoms with Crippen LogP contribution in [0, 0.1) is 0 Å². The molecule has 0 spiro atoms. The van der Waals surface area contributed by atoms with E-state index in [0.29, 0.717) is 6.54 Å². The average Bonchev–Trinajstić information content (AvgIpc) is 2.44. The van der Waals surface area contributed by atoms with Crippen molar-refractivity contribution in [2.45, 2.75) is 38.7 Å². The van der Waals surface area contributed by atoms with Crippen molar-refractivity contribution < 1.29 is 26.3 Å². The molecule has 0 aliphatic rings. The van der Waals surface area contributed by atoms with Crippen molar-refractivity contribution >= 4 is 10.9 Å². The summed E-state index contributed by atoms with van der Waals surface area (Å²) >= 11 is 0. The highest BCUT2D eigenvalue weighted by Crippen LogP contribution is 2.37. The number of rotatable bonds is 4. The second-order valence-electron chi connectivity index (χ2n) is 5.72. The first kappa shape index (κ1) is 18.5. The van der Waals surface area contributed by atoms with Gasteiger partial charge in [-0.3, -0.25) is 0 Å². The van der Waals surface area contributed by atoms with Crippen molar-refractivity contribution in [2.75, 3.05) is 6.54 Å². The number of pyridine rings is 1. The largest absolute Gasteiger partial charge is 0.433 e. The van der Waals surface area contributed by atoms with Crippen molar-refractivity contribution in [1.82, 2.24) is 10.3 Å². The van der Waals surface area contributed by atoms with Crippen LogP contribution in [0.5, 0.6) is 0 Å². The molecular weight excluding hydrogens is 334 g/mol. The molecule has 1 aromatic carbocycles. The fraction of sp³-hybridized carbons (Fsp3) is 0.438. The molecule has 0 aliphatic heterocycles. The molecule has 1 N–H and O–H groups in total. The minimum absolute atomic E-state index is 0.0865. The fourth-order valence-electron chi connectivity index (χ4n) is 2.39. The highest BCUT2D eigenvalue weighted by molar-refractivity contribution is 5.86. The van der Waals surface area contributed by atoms with Gasteiger partial charge in [0, 0.05) is 11.4 Å². The molecule has 1 aromatic heterocycles. The van der Waals surface area contributed by atoms with Crippen molar-refractivity contribution in [2.24, 2.45) is 0 Å². The average molecular weight is 350 g/mol. The topological polar surface area (TPSA) is 24.9 Å². The lowest BCUT2D eigenvalue weighted by atomic mass is 10.0. The summed E-state index contributed by atoms with van der Waals surface area (Å²) in [4.78, 5) is 3.25. The third kappa shape index (κ3) is 4.17. The van der Waals surface area contributed by atoms with Crippen LogP contribution in [0.2, 0.25) is 0 Å². The van der Waals surface area contributed by atoms with Gasteiger partial charge in [0.05, 0.1) is 11.1 Å². The number of alkyl halides is 6. The first-order chi connectivity index (χ1) is 11.0. The van der Waals surface area contributed by atoms with Crippen LogP contribution in [-0.4, -0.2) is 17.6 Å². The zero-order valence-corrected chi connectivity index (χ0v) is 13.0. The Bertz CT molecular complexity index is 719. The molecule has 0 atom stereocenters. The normalized spacial score (nSPS) is 13.0. The van der Waals surface area contributed by atoms with E-state index in [1.54, 1.807) is 0 Å². The zero-order valence-electron chi connectivity index (χ0n) is 13.0. The maximum absolute atomic E-state index is 13.1. The summed E-state index contributed by atoms with van der Waals surface area (Å²) in [6.07, 6.45) is -9.42. The van der Waals surface area contributed by atoms with E-state index in [4.69, 9.17) is 0 Å². The molecule has 2 aromatic rings. The summed E-state index contributed by atoms with van der Waals surface area (Å²) in [6.45, 7) is 4.09. The molecule has 2 rings (SSSR count). The molecule has 0 amide bonds. The molecular formula is C16H16F6N2. The summed E-state index contributed by atoms with van der Waals surface area (Å²) in [5.41, 5.74) is -2.96. The Kier molecular flexibility index (Phi) is 5.08. The first-order valence-corrected chi connectivity index (χ1v) is 7.30. The van der Waals surface area contributed by atoms with Gasteiger partial charge in [0.15, 0.2) is 0 Å². The van der Waals surface area contributed by atoms with Crippen molar-refractivity contribution in [3.63, 3.8) is 0 Å². The van der Waals surface area contributed by atoms with Gasteiger partial charge in [0.1, 0.15) is 5.69 Å². The summed E-state index contributed by atoms with van der Waals surface area (Å²) in [5.74, 6) is 0. The van der Waals surface area contributed by atoms with Crippen LogP contribution >= 0.6 is 0 Å². The molecule has 24 heavy (non-hydrogen) atoms. The Morgan fingerprint density at radius 3 is 2.25 bits per heavy atom. The van der Waals surface area contributed by atoms with E-state index in [9.17, 15) is 26.3 Å². The lowest BCUT2D eigenvalue weighted by Crippen LogP contribution is -2.25. The maximum Gasteiger partial charge on any atom is 0.433 e. The Hall–Kier alpha value is -1.83. The molecule has 0 aliphatic carbocycles. The van der Waals surface area contributed by atoms with E-state index in [2.05, 4.69) is 10.3 Å². The minimum Gasteiger partial charge on any atom is -0.314 e. The maximum atomic E-state index is 13.1. The molecule has 0 saturated heterocycles. The van der Waals surface area contributed by atoms with Crippen LogP contribution in [0.3, 0.4) is 0 Å². The van der Waals surface area contributed by atoms with Crippen LogP contribution in [-0.2, 0) is 18.8 Å². The second-order valence-corrected chi connectivity index (χ2v) is 5.72. The smallest absolute Gasteiger partial charge is 0.314 e. The van der Waals surface area contributed by atoms with Gasteiger partial charge in [-0.25, -0.2) is 4.98 Å². The SMILES string of the molecule is CC(C)NCCc1cc(C(F)(F)F)nc2c(C(F)(F)F)cccc12. The van der Waals surface area contributed by atoms with Gasteiger partial charge in [0.2, 0.25) is 0 Å². The van der Waals surface area contributed by atoms with E-state index < -0.39 is 29.1 Å². The Morgan fingerprint density at radius 2 is 1.71 bits per heavy atom. The lowest BCUT2D eigenvalue weighted by Gasteiger charge is -2.16. The molecule has 0 unspecified atom stereocenters.